The number of halogens is 2. The average Bonchev–Trinajstić information content (AvgIpc) is 2.99. The van der Waals surface area contributed by atoms with Gasteiger partial charge in [0.2, 0.25) is 5.92 Å². The molecule has 0 saturated heterocycles. The second-order valence-corrected chi connectivity index (χ2v) is 6.03. The summed E-state index contributed by atoms with van der Waals surface area (Å²) in [5.74, 6) is 2.91. The Kier molecular flexibility index (Phi) is 3.28. The van der Waals surface area contributed by atoms with Crippen molar-refractivity contribution >= 4 is 16.3 Å². The van der Waals surface area contributed by atoms with E-state index in [-0.39, 0.29) is 24.8 Å². The van der Waals surface area contributed by atoms with Gasteiger partial charge >= 0.3 is 0 Å². The van der Waals surface area contributed by atoms with E-state index in [1.165, 1.54) is 0 Å². The molecule has 2 aromatic rings. The highest BCUT2D eigenvalue weighted by molar-refractivity contribution is 7.15. The quantitative estimate of drug-likeness (QED) is 0.669. The molecule has 7 heteroatoms. The van der Waals surface area contributed by atoms with Gasteiger partial charge in [-0.05, 0) is 12.3 Å². The van der Waals surface area contributed by atoms with E-state index < -0.39 is 5.92 Å². The zero-order valence-corrected chi connectivity index (χ0v) is 11.2. The number of hydrazine groups is 1. The number of aromatic nitrogens is 2. The van der Waals surface area contributed by atoms with Crippen LogP contribution in [0.3, 0.4) is 0 Å². The summed E-state index contributed by atoms with van der Waals surface area (Å²) in [4.78, 5) is 5.39. The van der Waals surface area contributed by atoms with Gasteiger partial charge in [0.1, 0.15) is 0 Å². The van der Waals surface area contributed by atoms with Crippen LogP contribution >= 0.6 is 11.3 Å². The van der Waals surface area contributed by atoms with Crippen molar-refractivity contribution in [1.29, 1.82) is 0 Å². The molecule has 3 N–H and O–H groups in total. The third kappa shape index (κ3) is 2.63. The maximum Gasteiger partial charge on any atom is 0.248 e. The lowest BCUT2D eigenvalue weighted by Crippen LogP contribution is -2.42. The fourth-order valence-electron chi connectivity index (χ4n) is 2.79. The zero-order chi connectivity index (χ0) is 13.5. The fraction of sp³-hybridized carbons (Fsp3) is 0.583. The van der Waals surface area contributed by atoms with Crippen molar-refractivity contribution in [3.63, 3.8) is 0 Å². The first-order chi connectivity index (χ1) is 9.07. The molecule has 19 heavy (non-hydrogen) atoms. The van der Waals surface area contributed by atoms with Crippen molar-refractivity contribution in [2.45, 2.75) is 37.6 Å². The fourth-order valence-corrected chi connectivity index (χ4v) is 3.51. The van der Waals surface area contributed by atoms with Gasteiger partial charge in [0.15, 0.2) is 4.96 Å². The molecule has 2 atom stereocenters. The van der Waals surface area contributed by atoms with E-state index in [1.54, 1.807) is 11.3 Å². The highest BCUT2D eigenvalue weighted by atomic mass is 32.1. The molecule has 0 aromatic carbocycles. The molecule has 1 aliphatic rings. The minimum atomic E-state index is -2.53. The molecule has 2 heterocycles. The molecule has 0 amide bonds. The van der Waals surface area contributed by atoms with Crippen LogP contribution in [-0.4, -0.2) is 21.3 Å². The molecule has 4 nitrogen and oxygen atoms in total. The minimum Gasteiger partial charge on any atom is -0.297 e. The van der Waals surface area contributed by atoms with Gasteiger partial charge < -0.3 is 0 Å². The van der Waals surface area contributed by atoms with Gasteiger partial charge in [0.25, 0.3) is 0 Å². The summed E-state index contributed by atoms with van der Waals surface area (Å²) in [6, 6.07) is -0.141. The lowest BCUT2D eigenvalue weighted by atomic mass is 9.94. The Labute approximate surface area is 113 Å². The maximum absolute atomic E-state index is 13.3. The normalized spacial score (nSPS) is 24.1. The van der Waals surface area contributed by atoms with Crippen molar-refractivity contribution in [3.05, 3.63) is 23.5 Å². The van der Waals surface area contributed by atoms with Gasteiger partial charge in [-0.2, -0.15) is 0 Å². The SMILES string of the molecule is NNC(Cc1cn2ccsc2n1)C1CCC(F)(F)C1. The van der Waals surface area contributed by atoms with Crippen molar-refractivity contribution in [1.82, 2.24) is 14.8 Å². The van der Waals surface area contributed by atoms with E-state index >= 15 is 0 Å². The number of nitrogens with two attached hydrogens (primary N) is 1. The van der Waals surface area contributed by atoms with Crippen LogP contribution in [-0.2, 0) is 6.42 Å². The number of fused-ring (bicyclic) bond motifs is 1. The van der Waals surface area contributed by atoms with Gasteiger partial charge in [0.05, 0.1) is 5.69 Å². The van der Waals surface area contributed by atoms with Crippen LogP contribution in [0.2, 0.25) is 0 Å². The second kappa shape index (κ2) is 4.81. The molecular weight excluding hydrogens is 270 g/mol. The number of alkyl halides is 2. The van der Waals surface area contributed by atoms with Crippen LogP contribution in [0.15, 0.2) is 17.8 Å². The topological polar surface area (TPSA) is 55.3 Å². The van der Waals surface area contributed by atoms with E-state index in [0.717, 1.165) is 10.7 Å². The minimum absolute atomic E-state index is 0.0336. The third-order valence-corrected chi connectivity index (χ3v) is 4.57. The van der Waals surface area contributed by atoms with Crippen LogP contribution in [0.25, 0.3) is 4.96 Å². The summed E-state index contributed by atoms with van der Waals surface area (Å²) in [6.07, 6.45) is 4.86. The molecule has 2 aromatic heterocycles. The lowest BCUT2D eigenvalue weighted by Gasteiger charge is -2.21. The molecular formula is C12H16F2N4S. The molecule has 1 saturated carbocycles. The van der Waals surface area contributed by atoms with E-state index in [0.29, 0.717) is 12.8 Å². The van der Waals surface area contributed by atoms with Crippen molar-refractivity contribution < 1.29 is 8.78 Å². The first-order valence-electron chi connectivity index (χ1n) is 6.32. The van der Waals surface area contributed by atoms with Crippen LogP contribution in [0.5, 0.6) is 0 Å². The summed E-state index contributed by atoms with van der Waals surface area (Å²) in [6.45, 7) is 0. The molecule has 3 rings (SSSR count). The lowest BCUT2D eigenvalue weighted by molar-refractivity contribution is 0.00329. The molecule has 1 fully saturated rings. The van der Waals surface area contributed by atoms with Crippen LogP contribution in [0.4, 0.5) is 8.78 Å². The molecule has 0 bridgehead atoms. The smallest absolute Gasteiger partial charge is 0.248 e. The zero-order valence-electron chi connectivity index (χ0n) is 10.4. The van der Waals surface area contributed by atoms with Gasteiger partial charge in [-0.3, -0.25) is 15.7 Å². The Morgan fingerprint density at radius 2 is 2.47 bits per heavy atom. The predicted octanol–water partition coefficient (Wildman–Crippen LogP) is 2.21. The Morgan fingerprint density at radius 1 is 1.63 bits per heavy atom. The van der Waals surface area contributed by atoms with Gasteiger partial charge in [-0.15, -0.1) is 11.3 Å². The summed E-state index contributed by atoms with van der Waals surface area (Å²) in [7, 11) is 0. The average molecular weight is 286 g/mol. The van der Waals surface area contributed by atoms with Crippen molar-refractivity contribution in [2.75, 3.05) is 0 Å². The first kappa shape index (κ1) is 13.0. The standard InChI is InChI=1S/C12H16F2N4S/c13-12(14)2-1-8(6-12)10(17-15)5-9-7-18-3-4-19-11(18)16-9/h3-4,7-8,10,17H,1-2,5-6,15H2. The highest BCUT2D eigenvalue weighted by Crippen LogP contribution is 2.40. The van der Waals surface area contributed by atoms with Gasteiger partial charge in [0, 0.05) is 43.1 Å². The Bertz CT molecular complexity index is 536. The Balaban J connectivity index is 1.71. The predicted molar refractivity (Wildman–Crippen MR) is 70.2 cm³/mol. The molecule has 104 valence electrons. The maximum atomic E-state index is 13.3. The molecule has 1 aliphatic carbocycles. The van der Waals surface area contributed by atoms with Crippen molar-refractivity contribution in [2.24, 2.45) is 11.8 Å². The number of hydrogen-bond donors (Lipinski definition) is 2. The van der Waals surface area contributed by atoms with Gasteiger partial charge in [-0.25, -0.2) is 13.8 Å². The molecule has 0 radical (unpaired) electrons. The summed E-state index contributed by atoms with van der Waals surface area (Å²) in [5, 5.41) is 1.96. The van der Waals surface area contributed by atoms with Crippen molar-refractivity contribution in [3.8, 4) is 0 Å². The molecule has 2 unspecified atom stereocenters. The largest absolute Gasteiger partial charge is 0.297 e. The van der Waals surface area contributed by atoms with Crippen LogP contribution < -0.4 is 11.3 Å². The van der Waals surface area contributed by atoms with E-state index in [2.05, 4.69) is 10.4 Å². The van der Waals surface area contributed by atoms with E-state index in [1.807, 2.05) is 22.2 Å². The summed E-state index contributed by atoms with van der Waals surface area (Å²) >= 11 is 1.56. The summed E-state index contributed by atoms with van der Waals surface area (Å²) in [5.41, 5.74) is 3.58. The second-order valence-electron chi connectivity index (χ2n) is 5.16. The number of nitrogens with one attached hydrogen (secondary N) is 1. The molecule has 0 aliphatic heterocycles. The molecule has 0 spiro atoms. The monoisotopic (exact) mass is 286 g/mol. The number of thiazole rings is 1. The van der Waals surface area contributed by atoms with Crippen LogP contribution in [0.1, 0.15) is 25.0 Å². The van der Waals surface area contributed by atoms with E-state index in [4.69, 9.17) is 5.84 Å². The highest BCUT2D eigenvalue weighted by Gasteiger charge is 2.42. The number of rotatable bonds is 4. The number of hydrogen-bond acceptors (Lipinski definition) is 4. The third-order valence-electron chi connectivity index (χ3n) is 3.80. The van der Waals surface area contributed by atoms with Gasteiger partial charge in [-0.1, -0.05) is 0 Å². The summed E-state index contributed by atoms with van der Waals surface area (Å²) < 4.78 is 28.5. The number of nitrogens with zero attached hydrogens (tertiary/aromatic N) is 2. The Morgan fingerprint density at radius 3 is 3.11 bits per heavy atom. The number of imidazole rings is 1. The van der Waals surface area contributed by atoms with E-state index in [9.17, 15) is 8.78 Å². The Hall–Kier alpha value is -1.05. The van der Waals surface area contributed by atoms with Crippen LogP contribution in [0, 0.1) is 5.92 Å². The first-order valence-corrected chi connectivity index (χ1v) is 7.20.